The van der Waals surface area contributed by atoms with Crippen LogP contribution in [0.2, 0.25) is 0 Å². The van der Waals surface area contributed by atoms with E-state index in [2.05, 4.69) is 26.8 Å². The van der Waals surface area contributed by atoms with Gasteiger partial charge in [-0.3, -0.25) is 25.3 Å². The molecule has 0 fully saturated rings. The van der Waals surface area contributed by atoms with Crippen LogP contribution in [0.3, 0.4) is 0 Å². The second-order valence-corrected chi connectivity index (χ2v) is 7.66. The van der Waals surface area contributed by atoms with Gasteiger partial charge in [0.05, 0.1) is 0 Å². The van der Waals surface area contributed by atoms with Crippen molar-refractivity contribution in [2.24, 2.45) is 15.7 Å². The van der Waals surface area contributed by atoms with Crippen molar-refractivity contribution in [1.29, 1.82) is 0 Å². The van der Waals surface area contributed by atoms with E-state index in [1.165, 1.54) is 0 Å². The molecule has 11 heteroatoms. The molecule has 1 aliphatic heterocycles. The average molecular weight is 442 g/mol. The van der Waals surface area contributed by atoms with Crippen molar-refractivity contribution in [1.82, 2.24) is 15.8 Å². The highest BCUT2D eigenvalue weighted by Gasteiger charge is 2.26. The number of aliphatic imine (C=N–C) groups is 2. The zero-order valence-corrected chi connectivity index (χ0v) is 18.0. The van der Waals surface area contributed by atoms with Crippen LogP contribution in [-0.2, 0) is 14.3 Å². The number of nitrogens with one attached hydrogen (secondary N) is 2. The fraction of sp³-hybridized carbons (Fsp3) is 0.650. The number of guanidine groups is 2. The number of allylic oxidation sites excluding steroid dienone is 2. The predicted octanol–water partition coefficient (Wildman–Crippen LogP) is 1.90. The van der Waals surface area contributed by atoms with Gasteiger partial charge < -0.3 is 15.6 Å². The van der Waals surface area contributed by atoms with Crippen LogP contribution in [-0.4, -0.2) is 59.1 Å². The van der Waals surface area contributed by atoms with Crippen molar-refractivity contribution in [2.45, 2.75) is 70.8 Å². The molecule has 0 bridgehead atoms. The van der Waals surface area contributed by atoms with Gasteiger partial charge in [0, 0.05) is 17.5 Å². The molecule has 1 aliphatic rings. The van der Waals surface area contributed by atoms with E-state index >= 15 is 0 Å². The SMILES string of the molecule is [2H]C([2H])([2H])N=C(N)NN1CC(=O)OC(C)(C)CC/C=C/CCCCCCC(=O)NC1=NC(=O)O. The second kappa shape index (κ2) is 13.2. The van der Waals surface area contributed by atoms with Gasteiger partial charge in [-0.1, -0.05) is 25.0 Å². The Balaban J connectivity index is 3.23. The lowest BCUT2D eigenvalue weighted by Crippen LogP contribution is -2.57. The molecule has 11 nitrogen and oxygen atoms in total. The number of ether oxygens (including phenoxy) is 1. The van der Waals surface area contributed by atoms with Gasteiger partial charge in [-0.25, -0.2) is 9.80 Å². The highest BCUT2D eigenvalue weighted by atomic mass is 16.6. The van der Waals surface area contributed by atoms with Gasteiger partial charge in [0.25, 0.3) is 0 Å². The van der Waals surface area contributed by atoms with Crippen LogP contribution in [0.1, 0.15) is 69.3 Å². The molecule has 0 aromatic carbocycles. The zero-order chi connectivity index (χ0) is 25.8. The van der Waals surface area contributed by atoms with Crippen molar-refractivity contribution < 1.29 is 28.3 Å². The topological polar surface area (TPSA) is 159 Å². The highest BCUT2D eigenvalue weighted by Crippen LogP contribution is 2.18. The van der Waals surface area contributed by atoms with E-state index in [0.29, 0.717) is 19.3 Å². The van der Waals surface area contributed by atoms with Crippen LogP contribution in [0.25, 0.3) is 0 Å². The highest BCUT2D eigenvalue weighted by molar-refractivity contribution is 6.02. The third kappa shape index (κ3) is 11.6. The summed E-state index contributed by atoms with van der Waals surface area (Å²) in [6.07, 6.45) is 8.00. The summed E-state index contributed by atoms with van der Waals surface area (Å²) >= 11 is 0. The van der Waals surface area contributed by atoms with E-state index < -0.39 is 49.0 Å². The minimum atomic E-state index is -2.79. The average Bonchev–Trinajstić information content (AvgIpc) is 2.65. The summed E-state index contributed by atoms with van der Waals surface area (Å²) in [6, 6.07) is 0. The molecule has 0 saturated heterocycles. The second-order valence-electron chi connectivity index (χ2n) is 7.66. The van der Waals surface area contributed by atoms with Crippen LogP contribution in [0.5, 0.6) is 0 Å². The van der Waals surface area contributed by atoms with Crippen LogP contribution in [0.4, 0.5) is 4.79 Å². The Morgan fingerprint density at radius 3 is 2.71 bits per heavy atom. The van der Waals surface area contributed by atoms with Gasteiger partial charge in [0.15, 0.2) is 0 Å². The van der Waals surface area contributed by atoms with Gasteiger partial charge in [0.1, 0.15) is 12.1 Å². The summed E-state index contributed by atoms with van der Waals surface area (Å²) in [5.41, 5.74) is 7.08. The molecular weight excluding hydrogens is 404 g/mol. The smallest absolute Gasteiger partial charge is 0.434 e. The standard InChI is InChI=1S/C20H34N6O5/c1-20(2)13-11-9-7-5-4-6-8-10-12-15(27)23-18(24-19(29)30)26(14-16(28)31-20)25-17(21)22-3/h7,9H,4-6,8,10-14H2,1-3H3,(H,29,30)(H3,21,22,25)(H,23,24,27)/b9-7+/i3D3. The molecule has 0 aliphatic carbocycles. The Bertz CT molecular complexity index is 811. The molecule has 5 N–H and O–H groups in total. The number of hydrogen-bond acceptors (Lipinski definition) is 5. The molecule has 0 spiro atoms. The Labute approximate surface area is 187 Å². The number of nitrogens with zero attached hydrogens (tertiary/aromatic N) is 3. The molecule has 1 heterocycles. The first-order chi connectivity index (χ1) is 15.8. The fourth-order valence-electron chi connectivity index (χ4n) is 2.85. The summed E-state index contributed by atoms with van der Waals surface area (Å²) in [5, 5.41) is 12.3. The van der Waals surface area contributed by atoms with Gasteiger partial charge in [-0.05, 0) is 46.0 Å². The van der Waals surface area contributed by atoms with E-state index in [1.54, 1.807) is 13.8 Å². The maximum absolute atomic E-state index is 12.7. The summed E-state index contributed by atoms with van der Waals surface area (Å²) in [6.45, 7) is 0.0145. The number of rotatable bonds is 1. The first-order valence-corrected chi connectivity index (χ1v) is 10.2. The lowest BCUT2D eigenvalue weighted by atomic mass is 10.0. The lowest BCUT2D eigenvalue weighted by molar-refractivity contribution is -0.157. The molecule has 0 aromatic rings. The molecule has 31 heavy (non-hydrogen) atoms. The molecule has 0 radical (unpaired) electrons. The fourth-order valence-corrected chi connectivity index (χ4v) is 2.85. The van der Waals surface area contributed by atoms with E-state index in [1.807, 2.05) is 6.08 Å². The quantitative estimate of drug-likeness (QED) is 0.208. The zero-order valence-electron chi connectivity index (χ0n) is 21.0. The first-order valence-electron chi connectivity index (χ1n) is 11.7. The van der Waals surface area contributed by atoms with Crippen LogP contribution in [0, 0.1) is 0 Å². The van der Waals surface area contributed by atoms with E-state index in [0.717, 1.165) is 30.7 Å². The van der Waals surface area contributed by atoms with E-state index in [9.17, 15) is 14.4 Å². The summed E-state index contributed by atoms with van der Waals surface area (Å²) in [7, 11) is 0. The third-order valence-corrected chi connectivity index (χ3v) is 4.36. The molecule has 0 unspecified atom stereocenters. The number of amides is 2. The lowest BCUT2D eigenvalue weighted by Gasteiger charge is -2.29. The number of cyclic esters (lactones) is 1. The van der Waals surface area contributed by atoms with E-state index in [4.69, 9.17) is 19.7 Å². The third-order valence-electron chi connectivity index (χ3n) is 4.36. The molecule has 0 aromatic heterocycles. The van der Waals surface area contributed by atoms with Crippen molar-refractivity contribution in [3.63, 3.8) is 0 Å². The Morgan fingerprint density at radius 1 is 1.29 bits per heavy atom. The minimum Gasteiger partial charge on any atom is -0.463 e. The van der Waals surface area contributed by atoms with Crippen molar-refractivity contribution in [2.75, 3.05) is 13.5 Å². The normalized spacial score (nSPS) is 24.5. The van der Waals surface area contributed by atoms with Gasteiger partial charge in [-0.15, -0.1) is 4.99 Å². The Hall–Kier alpha value is -3.11. The predicted molar refractivity (Wildman–Crippen MR) is 117 cm³/mol. The Morgan fingerprint density at radius 2 is 2.00 bits per heavy atom. The number of hydrogen-bond donors (Lipinski definition) is 4. The monoisotopic (exact) mass is 441 g/mol. The molecular formula is C20H34N6O5. The largest absolute Gasteiger partial charge is 0.463 e. The number of esters is 1. The van der Waals surface area contributed by atoms with Gasteiger partial charge in [0.2, 0.25) is 17.8 Å². The van der Waals surface area contributed by atoms with Crippen molar-refractivity contribution in [3.8, 4) is 0 Å². The van der Waals surface area contributed by atoms with Crippen LogP contribution < -0.4 is 16.5 Å². The maximum atomic E-state index is 12.7. The van der Waals surface area contributed by atoms with Gasteiger partial charge in [-0.2, -0.15) is 0 Å². The van der Waals surface area contributed by atoms with E-state index in [-0.39, 0.29) is 6.42 Å². The maximum Gasteiger partial charge on any atom is 0.434 e. The Kier molecular flexibility index (Phi) is 9.03. The number of hydrazine groups is 1. The number of nitrogens with two attached hydrogens (primary N) is 1. The number of carboxylic acid groups (broad SMARTS) is 1. The molecule has 0 atom stereocenters. The van der Waals surface area contributed by atoms with Crippen LogP contribution in [0.15, 0.2) is 22.1 Å². The first kappa shape index (κ1) is 21.1. The molecule has 2 amide bonds. The van der Waals surface area contributed by atoms with Crippen LogP contribution >= 0.6 is 0 Å². The van der Waals surface area contributed by atoms with Crippen molar-refractivity contribution >= 4 is 29.9 Å². The molecule has 1 rings (SSSR count). The number of carbonyl (C=O) groups excluding carboxylic acids is 2. The minimum absolute atomic E-state index is 0.0959. The molecule has 0 saturated carbocycles. The number of carbonyl (C=O) groups is 3. The summed E-state index contributed by atoms with van der Waals surface area (Å²) in [4.78, 5) is 42.9. The summed E-state index contributed by atoms with van der Waals surface area (Å²) < 4.78 is 27.1. The van der Waals surface area contributed by atoms with Gasteiger partial charge >= 0.3 is 12.1 Å². The van der Waals surface area contributed by atoms with Crippen molar-refractivity contribution in [3.05, 3.63) is 12.2 Å². The molecule has 174 valence electrons. The summed E-state index contributed by atoms with van der Waals surface area (Å²) in [5.74, 6) is -2.55.